The van der Waals surface area contributed by atoms with Gasteiger partial charge in [0.2, 0.25) is 0 Å². The van der Waals surface area contributed by atoms with E-state index in [1.54, 1.807) is 24.3 Å². The molecular weight excluding hydrogens is 266 g/mol. The van der Waals surface area contributed by atoms with Crippen LogP contribution >= 0.6 is 11.6 Å². The van der Waals surface area contributed by atoms with Gasteiger partial charge in [-0.2, -0.15) is 0 Å². The van der Waals surface area contributed by atoms with Gasteiger partial charge < -0.3 is 0 Å². The van der Waals surface area contributed by atoms with Crippen molar-refractivity contribution in [2.24, 2.45) is 5.92 Å². The Balaban J connectivity index is 2.05. The number of hydrogen-bond acceptors (Lipinski definition) is 0. The molecule has 0 nitrogen and oxygen atoms in total. The fourth-order valence-electron chi connectivity index (χ4n) is 2.11. The normalized spacial score (nSPS) is 12.4. The Labute approximate surface area is 117 Å². The Hall–Kier alpha value is -1.41. The number of halogens is 3. The van der Waals surface area contributed by atoms with Crippen molar-refractivity contribution in [3.8, 4) is 0 Å². The summed E-state index contributed by atoms with van der Waals surface area (Å²) in [4.78, 5) is 0. The highest BCUT2D eigenvalue weighted by Gasteiger charge is 2.12. The zero-order valence-electron chi connectivity index (χ0n) is 10.5. The molecule has 0 amide bonds. The van der Waals surface area contributed by atoms with Crippen LogP contribution in [0.5, 0.6) is 0 Å². The van der Waals surface area contributed by atoms with E-state index < -0.39 is 0 Å². The molecule has 0 saturated carbocycles. The van der Waals surface area contributed by atoms with E-state index in [9.17, 15) is 8.78 Å². The van der Waals surface area contributed by atoms with Crippen LogP contribution in [-0.4, -0.2) is 5.88 Å². The van der Waals surface area contributed by atoms with Crippen molar-refractivity contribution >= 4 is 11.6 Å². The van der Waals surface area contributed by atoms with Gasteiger partial charge in [-0.05, 0) is 48.1 Å². The second-order valence-electron chi connectivity index (χ2n) is 4.65. The van der Waals surface area contributed by atoms with Crippen molar-refractivity contribution in [2.45, 2.75) is 12.8 Å². The molecule has 2 aromatic rings. The summed E-state index contributed by atoms with van der Waals surface area (Å²) in [6, 6.07) is 13.1. The van der Waals surface area contributed by atoms with E-state index in [2.05, 4.69) is 0 Å². The lowest BCUT2D eigenvalue weighted by atomic mass is 9.94. The Morgan fingerprint density at radius 3 is 2.21 bits per heavy atom. The van der Waals surface area contributed by atoms with Gasteiger partial charge in [-0.3, -0.25) is 0 Å². The third-order valence-electron chi connectivity index (χ3n) is 3.12. The Morgan fingerprint density at radius 2 is 1.58 bits per heavy atom. The molecule has 3 heteroatoms. The molecule has 0 saturated heterocycles. The van der Waals surface area contributed by atoms with E-state index in [0.717, 1.165) is 12.0 Å². The van der Waals surface area contributed by atoms with Gasteiger partial charge >= 0.3 is 0 Å². The number of rotatable bonds is 5. The molecular formula is C16H15ClF2. The van der Waals surface area contributed by atoms with Crippen LogP contribution in [0.2, 0.25) is 0 Å². The molecule has 0 fully saturated rings. The van der Waals surface area contributed by atoms with E-state index in [0.29, 0.717) is 17.9 Å². The fraction of sp³-hybridized carbons (Fsp3) is 0.250. The Kier molecular flexibility index (Phi) is 4.92. The maximum atomic E-state index is 13.6. The molecule has 0 spiro atoms. The third kappa shape index (κ3) is 4.03. The van der Waals surface area contributed by atoms with Crippen LogP contribution in [0.1, 0.15) is 11.1 Å². The molecule has 2 aromatic carbocycles. The van der Waals surface area contributed by atoms with Gasteiger partial charge in [0.25, 0.3) is 0 Å². The van der Waals surface area contributed by atoms with Crippen molar-refractivity contribution in [1.29, 1.82) is 0 Å². The van der Waals surface area contributed by atoms with Gasteiger partial charge in [-0.1, -0.05) is 30.3 Å². The van der Waals surface area contributed by atoms with Gasteiger partial charge in [0, 0.05) is 5.88 Å². The average Bonchev–Trinajstić information content (AvgIpc) is 2.43. The maximum Gasteiger partial charge on any atom is 0.126 e. The standard InChI is InChI=1S/C16H15ClF2/c17-11-13(9-12-5-7-15(18)8-6-12)10-14-3-1-2-4-16(14)19/h1-8,13H,9-11H2. The molecule has 19 heavy (non-hydrogen) atoms. The second kappa shape index (κ2) is 6.67. The lowest BCUT2D eigenvalue weighted by Gasteiger charge is -2.14. The van der Waals surface area contributed by atoms with E-state index in [4.69, 9.17) is 11.6 Å². The molecule has 0 bridgehead atoms. The van der Waals surface area contributed by atoms with Crippen LogP contribution < -0.4 is 0 Å². The van der Waals surface area contributed by atoms with E-state index in [1.807, 2.05) is 6.07 Å². The van der Waals surface area contributed by atoms with Crippen LogP contribution in [0.3, 0.4) is 0 Å². The summed E-state index contributed by atoms with van der Waals surface area (Å²) in [6.45, 7) is 0. The molecule has 0 radical (unpaired) electrons. The summed E-state index contributed by atoms with van der Waals surface area (Å²) in [5, 5.41) is 0. The summed E-state index contributed by atoms with van der Waals surface area (Å²) >= 11 is 5.95. The molecule has 0 N–H and O–H groups in total. The van der Waals surface area contributed by atoms with E-state index in [-0.39, 0.29) is 17.6 Å². The highest BCUT2D eigenvalue weighted by molar-refractivity contribution is 6.18. The molecule has 1 unspecified atom stereocenters. The van der Waals surface area contributed by atoms with Gasteiger partial charge in [0.1, 0.15) is 11.6 Å². The maximum absolute atomic E-state index is 13.6. The highest BCUT2D eigenvalue weighted by Crippen LogP contribution is 2.18. The Bertz CT molecular complexity index is 523. The molecule has 0 aliphatic carbocycles. The first-order chi connectivity index (χ1) is 9.19. The quantitative estimate of drug-likeness (QED) is 0.702. The lowest BCUT2D eigenvalue weighted by molar-refractivity contribution is 0.545. The summed E-state index contributed by atoms with van der Waals surface area (Å²) in [5.41, 5.74) is 1.69. The van der Waals surface area contributed by atoms with Gasteiger partial charge in [0.05, 0.1) is 0 Å². The molecule has 0 aromatic heterocycles. The monoisotopic (exact) mass is 280 g/mol. The average molecular weight is 281 g/mol. The minimum absolute atomic E-state index is 0.143. The van der Waals surface area contributed by atoms with E-state index >= 15 is 0 Å². The largest absolute Gasteiger partial charge is 0.207 e. The van der Waals surface area contributed by atoms with Gasteiger partial charge in [0.15, 0.2) is 0 Å². The molecule has 0 aliphatic heterocycles. The SMILES string of the molecule is Fc1ccc(CC(CCl)Cc2ccccc2F)cc1. The highest BCUT2D eigenvalue weighted by atomic mass is 35.5. The van der Waals surface area contributed by atoms with Gasteiger partial charge in [-0.15, -0.1) is 11.6 Å². The first-order valence-corrected chi connectivity index (χ1v) is 6.76. The molecule has 0 aliphatic rings. The molecule has 0 heterocycles. The predicted octanol–water partition coefficient (Wildman–Crippen LogP) is 4.61. The van der Waals surface area contributed by atoms with Crippen molar-refractivity contribution in [1.82, 2.24) is 0 Å². The summed E-state index contributed by atoms with van der Waals surface area (Å²) in [6.07, 6.45) is 1.31. The van der Waals surface area contributed by atoms with Crippen molar-refractivity contribution in [3.05, 3.63) is 71.3 Å². The van der Waals surface area contributed by atoms with Gasteiger partial charge in [-0.25, -0.2) is 8.78 Å². The first kappa shape index (κ1) is 14.0. The van der Waals surface area contributed by atoms with E-state index in [1.165, 1.54) is 18.2 Å². The zero-order valence-corrected chi connectivity index (χ0v) is 11.2. The van der Waals surface area contributed by atoms with Crippen LogP contribution in [0.25, 0.3) is 0 Å². The summed E-state index contributed by atoms with van der Waals surface area (Å²) in [5.74, 6) is 0.146. The predicted molar refractivity (Wildman–Crippen MR) is 74.4 cm³/mol. The van der Waals surface area contributed by atoms with Crippen LogP contribution in [-0.2, 0) is 12.8 Å². The fourth-order valence-corrected chi connectivity index (χ4v) is 2.33. The van der Waals surface area contributed by atoms with Crippen molar-refractivity contribution < 1.29 is 8.78 Å². The zero-order chi connectivity index (χ0) is 13.7. The molecule has 100 valence electrons. The van der Waals surface area contributed by atoms with Crippen LogP contribution in [0.4, 0.5) is 8.78 Å². The number of alkyl halides is 1. The van der Waals surface area contributed by atoms with Crippen LogP contribution in [0, 0.1) is 17.6 Å². The topological polar surface area (TPSA) is 0 Å². The third-order valence-corrected chi connectivity index (χ3v) is 3.56. The summed E-state index contributed by atoms with van der Waals surface area (Å²) in [7, 11) is 0. The minimum Gasteiger partial charge on any atom is -0.207 e. The Morgan fingerprint density at radius 1 is 0.895 bits per heavy atom. The molecule has 2 rings (SSSR count). The van der Waals surface area contributed by atoms with Crippen molar-refractivity contribution in [2.75, 3.05) is 5.88 Å². The minimum atomic E-state index is -0.250. The molecule has 1 atom stereocenters. The first-order valence-electron chi connectivity index (χ1n) is 6.23. The second-order valence-corrected chi connectivity index (χ2v) is 4.96. The number of benzene rings is 2. The van der Waals surface area contributed by atoms with Crippen molar-refractivity contribution in [3.63, 3.8) is 0 Å². The number of hydrogen-bond donors (Lipinski definition) is 0. The summed E-state index contributed by atoms with van der Waals surface area (Å²) < 4.78 is 26.4. The van der Waals surface area contributed by atoms with Crippen LogP contribution in [0.15, 0.2) is 48.5 Å². The smallest absolute Gasteiger partial charge is 0.126 e. The lowest BCUT2D eigenvalue weighted by Crippen LogP contribution is -2.11.